The zero-order valence-electron chi connectivity index (χ0n) is 17.0. The predicted octanol–water partition coefficient (Wildman–Crippen LogP) is 6.21. The van der Waals surface area contributed by atoms with Crippen LogP contribution >= 0.6 is 23.2 Å². The normalized spacial score (nSPS) is 15.6. The Morgan fingerprint density at radius 3 is 2.07 bits per heavy atom. The van der Waals surface area contributed by atoms with Crippen molar-refractivity contribution in [2.75, 3.05) is 6.54 Å². The average molecular weight is 437 g/mol. The minimum absolute atomic E-state index is 0.154. The Labute approximate surface area is 179 Å². The summed E-state index contributed by atoms with van der Waals surface area (Å²) in [6, 6.07) is 12.4. The summed E-state index contributed by atoms with van der Waals surface area (Å²) >= 11 is 13.0. The third-order valence-corrected chi connectivity index (χ3v) is 11.4. The second kappa shape index (κ2) is 9.73. The Bertz CT molecular complexity index is 744. The van der Waals surface area contributed by atoms with E-state index in [1.165, 1.54) is 11.1 Å². The molecular weight excluding hydrogens is 407 g/mol. The SMILES string of the molecule is CC[Si](CC)(CC)OC(CNC1Cc2ccccc2C1)c1c(Cl)cncc1Cl. The van der Waals surface area contributed by atoms with Crippen LogP contribution in [-0.2, 0) is 17.3 Å². The third kappa shape index (κ3) is 4.80. The summed E-state index contributed by atoms with van der Waals surface area (Å²) in [7, 11) is -1.83. The highest BCUT2D eigenvalue weighted by Gasteiger charge is 2.34. The van der Waals surface area contributed by atoms with Crippen molar-refractivity contribution >= 4 is 31.5 Å². The molecule has 1 N–H and O–H groups in total. The summed E-state index contributed by atoms with van der Waals surface area (Å²) in [4.78, 5) is 4.12. The monoisotopic (exact) mass is 436 g/mol. The van der Waals surface area contributed by atoms with E-state index in [0.717, 1.165) is 36.5 Å². The highest BCUT2D eigenvalue weighted by molar-refractivity contribution is 6.73. The van der Waals surface area contributed by atoms with Crippen LogP contribution in [-0.4, -0.2) is 25.9 Å². The molecule has 1 heterocycles. The molecule has 28 heavy (non-hydrogen) atoms. The van der Waals surface area contributed by atoms with E-state index in [4.69, 9.17) is 27.6 Å². The predicted molar refractivity (Wildman–Crippen MR) is 121 cm³/mol. The fourth-order valence-corrected chi connectivity index (χ4v) is 7.62. The van der Waals surface area contributed by atoms with E-state index < -0.39 is 8.32 Å². The lowest BCUT2D eigenvalue weighted by atomic mass is 10.1. The molecule has 0 saturated heterocycles. The van der Waals surface area contributed by atoms with Gasteiger partial charge in [0.2, 0.25) is 0 Å². The van der Waals surface area contributed by atoms with Gasteiger partial charge >= 0.3 is 0 Å². The van der Waals surface area contributed by atoms with E-state index in [2.05, 4.69) is 55.3 Å². The van der Waals surface area contributed by atoms with E-state index in [1.54, 1.807) is 12.4 Å². The maximum Gasteiger partial charge on any atom is 0.192 e. The van der Waals surface area contributed by atoms with Crippen molar-refractivity contribution in [1.29, 1.82) is 0 Å². The molecule has 0 radical (unpaired) electrons. The van der Waals surface area contributed by atoms with E-state index in [0.29, 0.717) is 22.6 Å². The van der Waals surface area contributed by atoms with E-state index in [1.807, 2.05) is 0 Å². The fourth-order valence-electron chi connectivity index (χ4n) is 4.21. The van der Waals surface area contributed by atoms with Gasteiger partial charge in [-0.25, -0.2) is 0 Å². The van der Waals surface area contributed by atoms with Gasteiger partial charge in [-0.3, -0.25) is 4.98 Å². The second-order valence-electron chi connectivity index (χ2n) is 7.65. The lowest BCUT2D eigenvalue weighted by Gasteiger charge is -2.34. The Morgan fingerprint density at radius 1 is 1.04 bits per heavy atom. The summed E-state index contributed by atoms with van der Waals surface area (Å²) in [6.45, 7) is 7.43. The summed E-state index contributed by atoms with van der Waals surface area (Å²) in [6.07, 6.45) is 5.28. The number of nitrogens with zero attached hydrogens (tertiary/aromatic N) is 1. The Hall–Kier alpha value is -0.913. The molecule has 0 spiro atoms. The molecule has 1 aliphatic carbocycles. The van der Waals surface area contributed by atoms with Gasteiger partial charge in [0, 0.05) is 30.5 Å². The van der Waals surface area contributed by atoms with Crippen LogP contribution in [0.1, 0.15) is 43.6 Å². The Morgan fingerprint density at radius 2 is 1.57 bits per heavy atom. The van der Waals surface area contributed by atoms with Crippen LogP contribution in [0.2, 0.25) is 28.2 Å². The van der Waals surface area contributed by atoms with Crippen molar-refractivity contribution in [3.05, 3.63) is 63.4 Å². The highest BCUT2D eigenvalue weighted by atomic mass is 35.5. The molecule has 1 aliphatic rings. The molecular formula is C22H30Cl2N2OSi. The van der Waals surface area contributed by atoms with Gasteiger partial charge in [-0.15, -0.1) is 0 Å². The molecule has 0 amide bonds. The summed E-state index contributed by atoms with van der Waals surface area (Å²) in [5.74, 6) is 0. The molecule has 1 aromatic carbocycles. The van der Waals surface area contributed by atoms with Gasteiger partial charge in [0.05, 0.1) is 16.1 Å². The van der Waals surface area contributed by atoms with Crippen LogP contribution in [0, 0.1) is 0 Å². The largest absolute Gasteiger partial charge is 0.409 e. The number of aromatic nitrogens is 1. The molecule has 1 atom stereocenters. The number of hydrogen-bond donors (Lipinski definition) is 1. The van der Waals surface area contributed by atoms with Crippen LogP contribution < -0.4 is 5.32 Å². The van der Waals surface area contributed by atoms with Crippen molar-refractivity contribution in [3.63, 3.8) is 0 Å². The van der Waals surface area contributed by atoms with Gasteiger partial charge in [0.15, 0.2) is 8.32 Å². The summed E-state index contributed by atoms with van der Waals surface area (Å²) in [5, 5.41) is 4.90. The molecule has 152 valence electrons. The van der Waals surface area contributed by atoms with Crippen LogP contribution in [0.4, 0.5) is 0 Å². The van der Waals surface area contributed by atoms with Crippen LogP contribution in [0.25, 0.3) is 0 Å². The number of rotatable bonds is 9. The molecule has 0 fully saturated rings. The zero-order valence-corrected chi connectivity index (χ0v) is 19.5. The quantitative estimate of drug-likeness (QED) is 0.474. The Balaban J connectivity index is 1.79. The lowest BCUT2D eigenvalue weighted by Crippen LogP contribution is -2.42. The minimum Gasteiger partial charge on any atom is -0.409 e. The number of benzene rings is 1. The van der Waals surface area contributed by atoms with Crippen molar-refractivity contribution in [2.24, 2.45) is 0 Å². The number of fused-ring (bicyclic) bond motifs is 1. The second-order valence-corrected chi connectivity index (χ2v) is 13.2. The number of nitrogens with one attached hydrogen (secondary N) is 1. The molecule has 0 bridgehead atoms. The maximum absolute atomic E-state index is 6.85. The van der Waals surface area contributed by atoms with E-state index >= 15 is 0 Å². The molecule has 1 aromatic heterocycles. The molecule has 3 rings (SSSR count). The average Bonchev–Trinajstić information content (AvgIpc) is 3.12. The topological polar surface area (TPSA) is 34.1 Å². The van der Waals surface area contributed by atoms with Gasteiger partial charge in [0.25, 0.3) is 0 Å². The highest BCUT2D eigenvalue weighted by Crippen LogP contribution is 2.36. The molecule has 6 heteroatoms. The van der Waals surface area contributed by atoms with Crippen LogP contribution in [0.3, 0.4) is 0 Å². The summed E-state index contributed by atoms with van der Waals surface area (Å²) < 4.78 is 6.85. The molecule has 2 aromatic rings. The first kappa shape index (κ1) is 21.8. The van der Waals surface area contributed by atoms with Gasteiger partial charge in [-0.1, -0.05) is 68.2 Å². The van der Waals surface area contributed by atoms with E-state index in [-0.39, 0.29) is 6.10 Å². The lowest BCUT2D eigenvalue weighted by molar-refractivity contribution is 0.181. The summed E-state index contributed by atoms with van der Waals surface area (Å²) in [5.41, 5.74) is 3.75. The van der Waals surface area contributed by atoms with Crippen LogP contribution in [0.15, 0.2) is 36.7 Å². The number of hydrogen-bond acceptors (Lipinski definition) is 3. The minimum atomic E-state index is -1.83. The van der Waals surface area contributed by atoms with Crippen molar-refractivity contribution in [3.8, 4) is 0 Å². The number of halogens is 2. The van der Waals surface area contributed by atoms with Gasteiger partial charge < -0.3 is 9.74 Å². The first-order valence-corrected chi connectivity index (χ1v) is 13.6. The van der Waals surface area contributed by atoms with Gasteiger partial charge in [-0.05, 0) is 42.1 Å². The maximum atomic E-state index is 6.85. The standard InChI is InChI=1S/C22H30Cl2N2OSi/c1-4-28(5-2,6-3)27-21(22-19(23)13-25-14-20(22)24)15-26-18-11-16-9-7-8-10-17(16)12-18/h7-10,13-14,18,21,26H,4-6,11-12,15H2,1-3H3. The van der Waals surface area contributed by atoms with E-state index in [9.17, 15) is 0 Å². The first-order valence-electron chi connectivity index (χ1n) is 10.3. The van der Waals surface area contributed by atoms with Crippen LogP contribution in [0.5, 0.6) is 0 Å². The molecule has 0 saturated carbocycles. The molecule has 0 aliphatic heterocycles. The van der Waals surface area contributed by atoms with Gasteiger partial charge in [0.1, 0.15) is 0 Å². The Kier molecular flexibility index (Phi) is 7.57. The van der Waals surface area contributed by atoms with Gasteiger partial charge in [-0.2, -0.15) is 0 Å². The first-order chi connectivity index (χ1) is 13.5. The smallest absolute Gasteiger partial charge is 0.192 e. The zero-order chi connectivity index (χ0) is 20.1. The molecule has 3 nitrogen and oxygen atoms in total. The molecule has 1 unspecified atom stereocenters. The van der Waals surface area contributed by atoms with Crippen molar-refractivity contribution in [2.45, 2.75) is 63.9 Å². The van der Waals surface area contributed by atoms with Crippen molar-refractivity contribution < 1.29 is 4.43 Å². The number of pyridine rings is 1. The fraction of sp³-hybridized carbons (Fsp3) is 0.500. The van der Waals surface area contributed by atoms with Crippen molar-refractivity contribution in [1.82, 2.24) is 10.3 Å². The third-order valence-electron chi connectivity index (χ3n) is 6.18.